The highest BCUT2D eigenvalue weighted by atomic mass is 16.1. The summed E-state index contributed by atoms with van der Waals surface area (Å²) in [6, 6.07) is 18.0. The van der Waals surface area contributed by atoms with Crippen LogP contribution in [0.4, 0.5) is 5.82 Å². The van der Waals surface area contributed by atoms with Crippen molar-refractivity contribution < 1.29 is 0 Å². The van der Waals surface area contributed by atoms with Gasteiger partial charge >= 0.3 is 0 Å². The summed E-state index contributed by atoms with van der Waals surface area (Å²) in [7, 11) is 1.80. The number of hydrogen-bond donors (Lipinski definition) is 1. The first-order valence-electron chi connectivity index (χ1n) is 11.9. The maximum atomic E-state index is 13.4. The van der Waals surface area contributed by atoms with E-state index >= 15 is 0 Å². The molecule has 1 aromatic heterocycles. The molecule has 6 heteroatoms. The lowest BCUT2D eigenvalue weighted by Gasteiger charge is -2.30. The van der Waals surface area contributed by atoms with E-state index in [4.69, 9.17) is 4.98 Å². The maximum Gasteiger partial charge on any atom is 0.293 e. The summed E-state index contributed by atoms with van der Waals surface area (Å²) in [6.45, 7) is 3.57. The molecule has 2 aromatic carbocycles. The summed E-state index contributed by atoms with van der Waals surface area (Å²) in [4.78, 5) is 22.7. The summed E-state index contributed by atoms with van der Waals surface area (Å²) in [5.74, 6) is 1.02. The molecule has 0 saturated heterocycles. The minimum atomic E-state index is -0.151. The molecule has 1 aliphatic carbocycles. The number of rotatable bonds is 6. The zero-order valence-corrected chi connectivity index (χ0v) is 19.7. The molecule has 34 heavy (non-hydrogen) atoms. The van der Waals surface area contributed by atoms with E-state index in [2.05, 4.69) is 47.6 Å². The van der Waals surface area contributed by atoms with Gasteiger partial charge in [-0.05, 0) is 55.5 Å². The van der Waals surface area contributed by atoms with Gasteiger partial charge in [0, 0.05) is 36.7 Å². The van der Waals surface area contributed by atoms with Gasteiger partial charge in [0.05, 0.1) is 23.0 Å². The SMILES string of the molecule is Cn1c(-c2ccc(C3CC3)cc2)c(-c2ccc(C#N)cc2)nc(NC[C@@]2(C)CCC=NC2)c1=O. The van der Waals surface area contributed by atoms with Gasteiger partial charge < -0.3 is 9.88 Å². The van der Waals surface area contributed by atoms with E-state index in [1.54, 1.807) is 23.7 Å². The number of aliphatic imine (C=N–C) groups is 1. The first-order valence-corrected chi connectivity index (χ1v) is 11.9. The minimum Gasteiger partial charge on any atom is -0.365 e. The van der Waals surface area contributed by atoms with Crippen LogP contribution in [-0.4, -0.2) is 28.9 Å². The summed E-state index contributed by atoms with van der Waals surface area (Å²) in [6.07, 6.45) is 6.46. The van der Waals surface area contributed by atoms with Crippen molar-refractivity contribution >= 4 is 12.0 Å². The second-order valence-electron chi connectivity index (χ2n) is 9.83. The first-order chi connectivity index (χ1) is 16.5. The Morgan fingerprint density at radius 3 is 2.44 bits per heavy atom. The number of nitrogens with zero attached hydrogens (tertiary/aromatic N) is 4. The van der Waals surface area contributed by atoms with Crippen molar-refractivity contribution in [3.8, 4) is 28.6 Å². The van der Waals surface area contributed by atoms with Crippen LogP contribution in [-0.2, 0) is 7.05 Å². The Hall–Kier alpha value is -3.72. The molecule has 3 aromatic rings. The van der Waals surface area contributed by atoms with Crippen molar-refractivity contribution in [2.45, 2.75) is 38.5 Å². The van der Waals surface area contributed by atoms with Crippen molar-refractivity contribution in [3.63, 3.8) is 0 Å². The van der Waals surface area contributed by atoms with E-state index < -0.39 is 0 Å². The topological polar surface area (TPSA) is 83.1 Å². The number of hydrogen-bond acceptors (Lipinski definition) is 5. The average molecular weight is 452 g/mol. The van der Waals surface area contributed by atoms with Gasteiger partial charge in [-0.15, -0.1) is 0 Å². The zero-order valence-electron chi connectivity index (χ0n) is 19.7. The summed E-state index contributed by atoms with van der Waals surface area (Å²) in [5.41, 5.74) is 5.10. The van der Waals surface area contributed by atoms with Gasteiger partial charge in [0.15, 0.2) is 5.82 Å². The molecule has 0 spiro atoms. The van der Waals surface area contributed by atoms with E-state index in [1.807, 2.05) is 18.3 Å². The van der Waals surface area contributed by atoms with Crippen LogP contribution in [0.1, 0.15) is 49.7 Å². The second-order valence-corrected chi connectivity index (χ2v) is 9.83. The molecule has 1 atom stereocenters. The van der Waals surface area contributed by atoms with Gasteiger partial charge in [-0.25, -0.2) is 4.98 Å². The van der Waals surface area contributed by atoms with E-state index in [0.29, 0.717) is 23.8 Å². The van der Waals surface area contributed by atoms with E-state index in [1.165, 1.54) is 18.4 Å². The van der Waals surface area contributed by atoms with Crippen molar-refractivity contribution in [1.29, 1.82) is 5.26 Å². The average Bonchev–Trinajstić information content (AvgIpc) is 3.71. The Labute approximate surface area is 200 Å². The Morgan fingerprint density at radius 2 is 1.82 bits per heavy atom. The molecule has 0 radical (unpaired) electrons. The molecule has 6 nitrogen and oxygen atoms in total. The molecule has 0 bridgehead atoms. The third-order valence-electron chi connectivity index (χ3n) is 6.97. The highest BCUT2D eigenvalue weighted by Gasteiger charge is 2.27. The van der Waals surface area contributed by atoms with Gasteiger partial charge in [0.1, 0.15) is 0 Å². The summed E-state index contributed by atoms with van der Waals surface area (Å²) in [5, 5.41) is 12.6. The molecule has 172 valence electrons. The molecule has 2 heterocycles. The largest absolute Gasteiger partial charge is 0.365 e. The Bertz CT molecular complexity index is 1330. The Morgan fingerprint density at radius 1 is 1.12 bits per heavy atom. The van der Waals surface area contributed by atoms with Crippen LogP contribution in [0.3, 0.4) is 0 Å². The molecule has 0 unspecified atom stereocenters. The van der Waals surface area contributed by atoms with Gasteiger partial charge in [0.25, 0.3) is 5.56 Å². The summed E-state index contributed by atoms with van der Waals surface area (Å²) < 4.78 is 1.69. The standard InChI is InChI=1S/C28H29N5O/c1-28(14-3-15-30-17-28)18-31-26-27(34)33(2)25(23-12-10-21(11-13-23)20-8-9-20)24(32-26)22-6-4-19(16-29)5-7-22/h4-7,10-13,15,20H,3,8-9,14,17-18H2,1-2H3,(H,31,32)/t28-/m0/s1. The highest BCUT2D eigenvalue weighted by Crippen LogP contribution is 2.41. The van der Waals surface area contributed by atoms with Gasteiger partial charge in [-0.2, -0.15) is 5.26 Å². The number of nitriles is 1. The third-order valence-corrected chi connectivity index (χ3v) is 6.97. The molecule has 1 saturated carbocycles. The maximum absolute atomic E-state index is 13.4. The normalized spacial score (nSPS) is 19.6. The molecule has 1 fully saturated rings. The van der Waals surface area contributed by atoms with E-state index in [0.717, 1.165) is 41.9 Å². The lowest BCUT2D eigenvalue weighted by atomic mass is 9.84. The van der Waals surface area contributed by atoms with Crippen LogP contribution in [0.15, 0.2) is 58.3 Å². The van der Waals surface area contributed by atoms with Crippen LogP contribution < -0.4 is 10.9 Å². The smallest absolute Gasteiger partial charge is 0.293 e. The fourth-order valence-electron chi connectivity index (χ4n) is 4.62. The fourth-order valence-corrected chi connectivity index (χ4v) is 4.62. The lowest BCUT2D eigenvalue weighted by molar-refractivity contribution is 0.328. The number of aromatic nitrogens is 2. The minimum absolute atomic E-state index is 0.00659. The Balaban J connectivity index is 1.58. The van der Waals surface area contributed by atoms with Crippen molar-refractivity contribution in [1.82, 2.24) is 9.55 Å². The highest BCUT2D eigenvalue weighted by molar-refractivity contribution is 5.79. The monoisotopic (exact) mass is 451 g/mol. The predicted molar refractivity (Wildman–Crippen MR) is 136 cm³/mol. The van der Waals surface area contributed by atoms with Gasteiger partial charge in [-0.1, -0.05) is 43.3 Å². The van der Waals surface area contributed by atoms with Crippen LogP contribution in [0.2, 0.25) is 0 Å². The van der Waals surface area contributed by atoms with Gasteiger partial charge in [-0.3, -0.25) is 9.79 Å². The van der Waals surface area contributed by atoms with Crippen LogP contribution >= 0.6 is 0 Å². The second kappa shape index (κ2) is 8.90. The number of benzene rings is 2. The predicted octanol–water partition coefficient (Wildman–Crippen LogP) is 5.15. The van der Waals surface area contributed by atoms with E-state index in [-0.39, 0.29) is 11.0 Å². The van der Waals surface area contributed by atoms with Crippen molar-refractivity contribution in [2.75, 3.05) is 18.4 Å². The van der Waals surface area contributed by atoms with Gasteiger partial charge in [0.2, 0.25) is 0 Å². The van der Waals surface area contributed by atoms with Crippen LogP contribution in [0, 0.1) is 16.7 Å². The quantitative estimate of drug-likeness (QED) is 0.562. The lowest BCUT2D eigenvalue weighted by Crippen LogP contribution is -2.34. The molecular weight excluding hydrogens is 422 g/mol. The molecule has 1 aliphatic heterocycles. The first kappa shape index (κ1) is 22.1. The fraction of sp³-hybridized carbons (Fsp3) is 0.357. The van der Waals surface area contributed by atoms with Crippen molar-refractivity contribution in [2.24, 2.45) is 17.5 Å². The molecule has 5 rings (SSSR count). The van der Waals surface area contributed by atoms with E-state index in [9.17, 15) is 10.1 Å². The number of anilines is 1. The van der Waals surface area contributed by atoms with Crippen LogP contribution in [0.25, 0.3) is 22.5 Å². The third kappa shape index (κ3) is 4.38. The van der Waals surface area contributed by atoms with Crippen LogP contribution in [0.5, 0.6) is 0 Å². The molecule has 0 amide bonds. The number of nitrogens with one attached hydrogen (secondary N) is 1. The summed E-state index contributed by atoms with van der Waals surface area (Å²) >= 11 is 0. The zero-order chi connectivity index (χ0) is 23.7. The Kier molecular flexibility index (Phi) is 5.79. The van der Waals surface area contributed by atoms with Crippen molar-refractivity contribution in [3.05, 3.63) is 70.0 Å². The molecule has 1 N–H and O–H groups in total. The molecular formula is C28H29N5O. The molecule has 2 aliphatic rings.